The maximum absolute atomic E-state index is 12.9. The lowest BCUT2D eigenvalue weighted by atomic mass is 9.99. The van der Waals surface area contributed by atoms with Crippen LogP contribution < -0.4 is 5.32 Å². The van der Waals surface area contributed by atoms with Crippen LogP contribution in [0.4, 0.5) is 0 Å². The van der Waals surface area contributed by atoms with Gasteiger partial charge in [0, 0.05) is 13.0 Å². The molecule has 1 unspecified atom stereocenters. The number of nitrogens with one attached hydrogen (secondary N) is 1. The first kappa shape index (κ1) is 17.9. The molecule has 26 heavy (non-hydrogen) atoms. The summed E-state index contributed by atoms with van der Waals surface area (Å²) in [6.07, 6.45) is 1.98. The molecule has 4 amide bonds. The van der Waals surface area contributed by atoms with Crippen molar-refractivity contribution in [2.24, 2.45) is 0 Å². The summed E-state index contributed by atoms with van der Waals surface area (Å²) in [4.78, 5) is 60.1. The second-order valence-electron chi connectivity index (χ2n) is 6.13. The third kappa shape index (κ3) is 3.28. The van der Waals surface area contributed by atoms with Gasteiger partial charge in [0.1, 0.15) is 18.9 Å². The van der Waals surface area contributed by atoms with E-state index < -0.39 is 29.7 Å². The molecule has 2 heterocycles. The number of carbonyl (C=O) groups is 5. The van der Waals surface area contributed by atoms with Crippen LogP contribution in [0, 0.1) is 0 Å². The van der Waals surface area contributed by atoms with E-state index in [1.54, 1.807) is 18.2 Å². The number of nitrogens with zero attached hydrogens (tertiary/aromatic N) is 1. The van der Waals surface area contributed by atoms with Crippen molar-refractivity contribution in [3.05, 3.63) is 34.9 Å². The van der Waals surface area contributed by atoms with Crippen LogP contribution in [-0.4, -0.2) is 54.1 Å². The summed E-state index contributed by atoms with van der Waals surface area (Å²) in [7, 11) is 0. The molecule has 2 aliphatic heterocycles. The molecule has 3 rings (SSSR count). The fourth-order valence-corrected chi connectivity index (χ4v) is 3.29. The molecule has 0 spiro atoms. The molecule has 8 heteroatoms. The number of ether oxygens (including phenoxy) is 1. The van der Waals surface area contributed by atoms with Crippen molar-refractivity contribution >= 4 is 29.9 Å². The van der Waals surface area contributed by atoms with Crippen molar-refractivity contribution in [1.29, 1.82) is 0 Å². The predicted molar refractivity (Wildman–Crippen MR) is 88.3 cm³/mol. The Morgan fingerprint density at radius 3 is 2.73 bits per heavy atom. The zero-order valence-electron chi connectivity index (χ0n) is 14.0. The topological polar surface area (TPSA) is 110 Å². The Hall–Kier alpha value is -2.87. The number of aldehydes is 1. The molecule has 1 aromatic rings. The van der Waals surface area contributed by atoms with Gasteiger partial charge in [-0.15, -0.1) is 0 Å². The lowest BCUT2D eigenvalue weighted by molar-refractivity contribution is -0.136. The maximum Gasteiger partial charge on any atom is 0.262 e. The van der Waals surface area contributed by atoms with E-state index in [1.807, 2.05) is 0 Å². The first-order chi connectivity index (χ1) is 12.5. The summed E-state index contributed by atoms with van der Waals surface area (Å²) in [6.45, 7) is 0.384. The van der Waals surface area contributed by atoms with Crippen molar-refractivity contribution in [3.8, 4) is 0 Å². The van der Waals surface area contributed by atoms with E-state index in [4.69, 9.17) is 4.74 Å². The quantitative estimate of drug-likeness (QED) is 0.425. The van der Waals surface area contributed by atoms with E-state index in [0.717, 1.165) is 4.90 Å². The number of imide groups is 2. The number of hydrogen-bond donors (Lipinski definition) is 1. The van der Waals surface area contributed by atoms with Gasteiger partial charge in [-0.3, -0.25) is 29.4 Å². The van der Waals surface area contributed by atoms with E-state index in [2.05, 4.69) is 5.32 Å². The minimum absolute atomic E-state index is 0.0214. The molecule has 8 nitrogen and oxygen atoms in total. The highest BCUT2D eigenvalue weighted by Crippen LogP contribution is 2.30. The number of hydrogen-bond acceptors (Lipinski definition) is 6. The van der Waals surface area contributed by atoms with E-state index in [-0.39, 0.29) is 25.0 Å². The summed E-state index contributed by atoms with van der Waals surface area (Å²) in [5.74, 6) is -2.05. The molecule has 0 saturated carbocycles. The van der Waals surface area contributed by atoms with Crippen molar-refractivity contribution in [2.45, 2.75) is 31.7 Å². The Balaban J connectivity index is 1.79. The van der Waals surface area contributed by atoms with Gasteiger partial charge in [0.15, 0.2) is 0 Å². The number of benzene rings is 1. The minimum Gasteiger partial charge on any atom is -0.374 e. The highest BCUT2D eigenvalue weighted by atomic mass is 16.5. The Bertz CT molecular complexity index is 788. The van der Waals surface area contributed by atoms with E-state index in [1.165, 1.54) is 0 Å². The van der Waals surface area contributed by atoms with Crippen LogP contribution in [0.25, 0.3) is 0 Å². The van der Waals surface area contributed by atoms with Gasteiger partial charge >= 0.3 is 0 Å². The summed E-state index contributed by atoms with van der Waals surface area (Å²) >= 11 is 0. The Morgan fingerprint density at radius 2 is 2.00 bits per heavy atom. The normalized spacial score (nSPS) is 19.5. The molecule has 0 aliphatic carbocycles. The summed E-state index contributed by atoms with van der Waals surface area (Å²) in [5.41, 5.74) is 1.27. The summed E-state index contributed by atoms with van der Waals surface area (Å²) < 4.78 is 5.10. The lowest BCUT2D eigenvalue weighted by Crippen LogP contribution is -2.54. The SMILES string of the molecule is O=CCOCCCc1cccc2c1C(=O)N(C1CCC(=O)NC1=O)C2=O. The zero-order chi connectivity index (χ0) is 18.7. The standard InChI is InChI=1S/C18H18N2O6/c21-8-10-26-9-2-4-11-3-1-5-12-15(11)18(25)20(17(12)24)13-6-7-14(22)19-16(13)23/h1,3,5,8,13H,2,4,6-7,9-10H2,(H,19,22,23). The average Bonchev–Trinajstić information content (AvgIpc) is 2.87. The number of amides is 4. The Morgan fingerprint density at radius 1 is 1.19 bits per heavy atom. The van der Waals surface area contributed by atoms with Crippen LogP contribution >= 0.6 is 0 Å². The van der Waals surface area contributed by atoms with Gasteiger partial charge in [-0.25, -0.2) is 0 Å². The van der Waals surface area contributed by atoms with Crippen LogP contribution in [0.15, 0.2) is 18.2 Å². The van der Waals surface area contributed by atoms with Gasteiger partial charge in [0.25, 0.3) is 11.8 Å². The number of piperidine rings is 1. The minimum atomic E-state index is -0.969. The largest absolute Gasteiger partial charge is 0.374 e. The zero-order valence-corrected chi connectivity index (χ0v) is 14.0. The highest BCUT2D eigenvalue weighted by Gasteiger charge is 2.45. The summed E-state index contributed by atoms with van der Waals surface area (Å²) in [5, 5.41) is 2.17. The molecule has 0 radical (unpaired) electrons. The van der Waals surface area contributed by atoms with Crippen molar-refractivity contribution < 1.29 is 28.7 Å². The van der Waals surface area contributed by atoms with E-state index in [0.29, 0.717) is 36.9 Å². The average molecular weight is 358 g/mol. The van der Waals surface area contributed by atoms with Gasteiger partial charge < -0.3 is 9.53 Å². The van der Waals surface area contributed by atoms with Crippen LogP contribution in [0.5, 0.6) is 0 Å². The van der Waals surface area contributed by atoms with E-state index in [9.17, 15) is 24.0 Å². The Kier molecular flexibility index (Phi) is 5.22. The second-order valence-corrected chi connectivity index (χ2v) is 6.13. The fourth-order valence-electron chi connectivity index (χ4n) is 3.29. The second kappa shape index (κ2) is 7.57. The van der Waals surface area contributed by atoms with Gasteiger partial charge in [0.2, 0.25) is 11.8 Å². The first-order valence-corrected chi connectivity index (χ1v) is 8.39. The lowest BCUT2D eigenvalue weighted by Gasteiger charge is -2.27. The van der Waals surface area contributed by atoms with Crippen molar-refractivity contribution in [2.75, 3.05) is 13.2 Å². The molecular formula is C18H18N2O6. The molecule has 1 aromatic carbocycles. The molecule has 1 N–H and O–H groups in total. The third-order valence-corrected chi connectivity index (χ3v) is 4.48. The van der Waals surface area contributed by atoms with Gasteiger partial charge in [0.05, 0.1) is 11.1 Å². The van der Waals surface area contributed by atoms with Crippen LogP contribution in [-0.2, 0) is 25.5 Å². The highest BCUT2D eigenvalue weighted by molar-refractivity contribution is 6.24. The molecule has 1 fully saturated rings. The van der Waals surface area contributed by atoms with E-state index >= 15 is 0 Å². The van der Waals surface area contributed by atoms with Crippen LogP contribution in [0.3, 0.4) is 0 Å². The van der Waals surface area contributed by atoms with Gasteiger partial charge in [-0.05, 0) is 30.9 Å². The van der Waals surface area contributed by atoms with Crippen molar-refractivity contribution in [3.63, 3.8) is 0 Å². The van der Waals surface area contributed by atoms with Crippen LogP contribution in [0.2, 0.25) is 0 Å². The third-order valence-electron chi connectivity index (χ3n) is 4.48. The number of aryl methyl sites for hydroxylation is 1. The summed E-state index contributed by atoms with van der Waals surface area (Å²) in [6, 6.07) is 4.05. The number of rotatable bonds is 7. The Labute approximate surface area is 149 Å². The maximum atomic E-state index is 12.9. The number of fused-ring (bicyclic) bond motifs is 1. The monoisotopic (exact) mass is 358 g/mol. The van der Waals surface area contributed by atoms with Crippen molar-refractivity contribution in [1.82, 2.24) is 10.2 Å². The first-order valence-electron chi connectivity index (χ1n) is 8.39. The molecular weight excluding hydrogens is 340 g/mol. The smallest absolute Gasteiger partial charge is 0.262 e. The van der Waals surface area contributed by atoms with Gasteiger partial charge in [-0.1, -0.05) is 12.1 Å². The molecule has 0 aromatic heterocycles. The molecule has 2 aliphatic rings. The molecule has 136 valence electrons. The van der Waals surface area contributed by atoms with Gasteiger partial charge in [-0.2, -0.15) is 0 Å². The number of carbonyl (C=O) groups excluding carboxylic acids is 5. The molecule has 1 atom stereocenters. The van der Waals surface area contributed by atoms with Crippen LogP contribution in [0.1, 0.15) is 45.5 Å². The fraction of sp³-hybridized carbons (Fsp3) is 0.389. The molecule has 0 bridgehead atoms. The predicted octanol–water partition coefficient (Wildman–Crippen LogP) is 0.236. The molecule has 1 saturated heterocycles.